The third kappa shape index (κ3) is 3.84. The Balaban J connectivity index is 2.97. The van der Waals surface area contributed by atoms with E-state index in [2.05, 4.69) is 6.58 Å². The van der Waals surface area contributed by atoms with E-state index in [0.29, 0.717) is 6.61 Å². The minimum absolute atomic E-state index is 0.118. The van der Waals surface area contributed by atoms with Gasteiger partial charge in [0.1, 0.15) is 6.23 Å². The second-order valence-corrected chi connectivity index (χ2v) is 1.57. The van der Waals surface area contributed by atoms with Gasteiger partial charge in [-0.25, -0.2) is 0 Å². The zero-order valence-electron chi connectivity index (χ0n) is 5.26. The predicted octanol–water partition coefficient (Wildman–Crippen LogP) is 0.884. The fourth-order valence-corrected chi connectivity index (χ4v) is 0.309. The van der Waals surface area contributed by atoms with E-state index < -0.39 is 0 Å². The van der Waals surface area contributed by atoms with Gasteiger partial charge in [-0.1, -0.05) is 13.0 Å². The molecule has 0 saturated carbocycles. The molecule has 48 valence electrons. The van der Waals surface area contributed by atoms with Crippen molar-refractivity contribution in [3.63, 3.8) is 0 Å². The van der Waals surface area contributed by atoms with Crippen LogP contribution in [0.4, 0.5) is 0 Å². The van der Waals surface area contributed by atoms with Gasteiger partial charge in [0.05, 0.1) is 6.61 Å². The highest BCUT2D eigenvalue weighted by atomic mass is 16.5. The molecule has 0 amide bonds. The Morgan fingerprint density at radius 3 is 2.88 bits per heavy atom. The molecule has 8 heavy (non-hydrogen) atoms. The number of rotatable bonds is 4. The lowest BCUT2D eigenvalue weighted by molar-refractivity contribution is 0.0767. The topological polar surface area (TPSA) is 35.2 Å². The first-order valence-electron chi connectivity index (χ1n) is 2.79. The van der Waals surface area contributed by atoms with Crippen LogP contribution in [0.5, 0.6) is 0 Å². The Kier molecular flexibility index (Phi) is 4.61. The van der Waals surface area contributed by atoms with Gasteiger partial charge in [-0.3, -0.25) is 0 Å². The smallest absolute Gasteiger partial charge is 0.105 e. The molecule has 0 aliphatic heterocycles. The largest absolute Gasteiger partial charge is 0.360 e. The van der Waals surface area contributed by atoms with Gasteiger partial charge >= 0.3 is 0 Å². The van der Waals surface area contributed by atoms with Crippen molar-refractivity contribution in [3.8, 4) is 0 Å². The second-order valence-electron chi connectivity index (χ2n) is 1.57. The maximum atomic E-state index is 5.39. The molecule has 0 radical (unpaired) electrons. The number of nitrogens with two attached hydrogens (primary N) is 1. The van der Waals surface area contributed by atoms with Crippen LogP contribution in [0.1, 0.15) is 13.3 Å². The molecule has 0 rings (SSSR count). The first-order chi connectivity index (χ1) is 3.81. The number of hydrogen-bond donors (Lipinski definition) is 1. The van der Waals surface area contributed by atoms with Crippen LogP contribution in [0.15, 0.2) is 12.7 Å². The summed E-state index contributed by atoms with van der Waals surface area (Å²) in [4.78, 5) is 0. The van der Waals surface area contributed by atoms with E-state index >= 15 is 0 Å². The molecule has 0 aromatic carbocycles. The lowest BCUT2D eigenvalue weighted by Crippen LogP contribution is -2.22. The van der Waals surface area contributed by atoms with Gasteiger partial charge in [-0.15, -0.1) is 6.58 Å². The first-order valence-corrected chi connectivity index (χ1v) is 2.79. The van der Waals surface area contributed by atoms with Crippen molar-refractivity contribution in [1.82, 2.24) is 0 Å². The summed E-state index contributed by atoms with van der Waals surface area (Å²) in [6, 6.07) is 0. The Hall–Kier alpha value is -0.340. The Morgan fingerprint density at radius 1 is 1.88 bits per heavy atom. The van der Waals surface area contributed by atoms with Crippen LogP contribution in [0, 0.1) is 0 Å². The molecule has 2 heteroatoms. The monoisotopic (exact) mass is 115 g/mol. The first kappa shape index (κ1) is 7.66. The summed E-state index contributed by atoms with van der Waals surface area (Å²) in [5, 5.41) is 0. The summed E-state index contributed by atoms with van der Waals surface area (Å²) in [7, 11) is 0. The van der Waals surface area contributed by atoms with Gasteiger partial charge in [0.15, 0.2) is 0 Å². The Bertz CT molecular complexity index is 63.5. The van der Waals surface area contributed by atoms with E-state index in [1.807, 2.05) is 6.92 Å². The van der Waals surface area contributed by atoms with Crippen molar-refractivity contribution in [2.75, 3.05) is 6.61 Å². The minimum atomic E-state index is -0.118. The van der Waals surface area contributed by atoms with E-state index in [0.717, 1.165) is 6.42 Å². The fourth-order valence-electron chi connectivity index (χ4n) is 0.309. The lowest BCUT2D eigenvalue weighted by Gasteiger charge is -2.06. The summed E-state index contributed by atoms with van der Waals surface area (Å²) in [5.74, 6) is 0. The number of hydrogen-bond acceptors (Lipinski definition) is 2. The van der Waals surface area contributed by atoms with Gasteiger partial charge in [0.25, 0.3) is 0 Å². The van der Waals surface area contributed by atoms with Gasteiger partial charge in [0, 0.05) is 0 Å². The normalized spacial score (nSPS) is 13.2. The summed E-state index contributed by atoms with van der Waals surface area (Å²) >= 11 is 0. The van der Waals surface area contributed by atoms with Crippen molar-refractivity contribution in [1.29, 1.82) is 0 Å². The molecule has 1 atom stereocenters. The van der Waals surface area contributed by atoms with Gasteiger partial charge in [-0.05, 0) is 6.42 Å². The molecule has 0 fully saturated rings. The maximum Gasteiger partial charge on any atom is 0.105 e. The molecular weight excluding hydrogens is 102 g/mol. The maximum absolute atomic E-state index is 5.39. The molecule has 2 nitrogen and oxygen atoms in total. The van der Waals surface area contributed by atoms with E-state index in [-0.39, 0.29) is 6.23 Å². The van der Waals surface area contributed by atoms with Crippen LogP contribution in [-0.4, -0.2) is 12.8 Å². The highest BCUT2D eigenvalue weighted by Gasteiger charge is 1.92. The molecule has 0 aliphatic rings. The molecule has 0 bridgehead atoms. The van der Waals surface area contributed by atoms with Crippen molar-refractivity contribution in [3.05, 3.63) is 12.7 Å². The molecule has 2 N–H and O–H groups in total. The van der Waals surface area contributed by atoms with Crippen LogP contribution in [0.2, 0.25) is 0 Å². The fraction of sp³-hybridized carbons (Fsp3) is 0.667. The zero-order chi connectivity index (χ0) is 6.41. The standard InChI is InChI=1S/C6H13NO/c1-3-5-8-6(7)4-2/h3,6H,1,4-5,7H2,2H3. The summed E-state index contributed by atoms with van der Waals surface area (Å²) in [5.41, 5.74) is 5.39. The number of ether oxygens (including phenoxy) is 1. The Labute approximate surface area is 50.3 Å². The quantitative estimate of drug-likeness (QED) is 0.436. The molecule has 0 aliphatic carbocycles. The van der Waals surface area contributed by atoms with Crippen LogP contribution in [0.25, 0.3) is 0 Å². The zero-order valence-corrected chi connectivity index (χ0v) is 5.26. The highest BCUT2D eigenvalue weighted by Crippen LogP contribution is 1.87. The molecule has 0 spiro atoms. The third-order valence-corrected chi connectivity index (χ3v) is 0.831. The van der Waals surface area contributed by atoms with Crippen molar-refractivity contribution < 1.29 is 4.74 Å². The average molecular weight is 115 g/mol. The summed E-state index contributed by atoms with van der Waals surface area (Å²) in [6.45, 7) is 6.02. The van der Waals surface area contributed by atoms with Crippen molar-refractivity contribution in [2.45, 2.75) is 19.6 Å². The second kappa shape index (κ2) is 4.81. The van der Waals surface area contributed by atoms with E-state index in [9.17, 15) is 0 Å². The lowest BCUT2D eigenvalue weighted by atomic mass is 10.4. The summed E-state index contributed by atoms with van der Waals surface area (Å²) in [6.07, 6.45) is 2.43. The van der Waals surface area contributed by atoms with Gasteiger partial charge in [0.2, 0.25) is 0 Å². The van der Waals surface area contributed by atoms with Gasteiger partial charge < -0.3 is 10.5 Å². The highest BCUT2D eigenvalue weighted by molar-refractivity contribution is 4.64. The van der Waals surface area contributed by atoms with Crippen LogP contribution >= 0.6 is 0 Å². The molecule has 0 aromatic rings. The van der Waals surface area contributed by atoms with E-state index in [1.165, 1.54) is 0 Å². The van der Waals surface area contributed by atoms with Crippen molar-refractivity contribution >= 4 is 0 Å². The molecule has 0 saturated heterocycles. The molecule has 0 heterocycles. The van der Waals surface area contributed by atoms with Crippen LogP contribution in [-0.2, 0) is 4.74 Å². The average Bonchev–Trinajstić information content (AvgIpc) is 1.83. The third-order valence-electron chi connectivity index (χ3n) is 0.831. The van der Waals surface area contributed by atoms with Crippen LogP contribution < -0.4 is 5.73 Å². The van der Waals surface area contributed by atoms with E-state index in [4.69, 9.17) is 10.5 Å². The summed E-state index contributed by atoms with van der Waals surface area (Å²) < 4.78 is 5.00. The molecule has 1 unspecified atom stereocenters. The predicted molar refractivity (Wildman–Crippen MR) is 34.4 cm³/mol. The van der Waals surface area contributed by atoms with E-state index in [1.54, 1.807) is 6.08 Å². The Morgan fingerprint density at radius 2 is 2.50 bits per heavy atom. The molecular formula is C6H13NO. The minimum Gasteiger partial charge on any atom is -0.360 e. The van der Waals surface area contributed by atoms with Gasteiger partial charge in [-0.2, -0.15) is 0 Å². The molecule has 0 aromatic heterocycles. The SMILES string of the molecule is C=CCOC(N)CC. The van der Waals surface area contributed by atoms with Crippen LogP contribution in [0.3, 0.4) is 0 Å². The van der Waals surface area contributed by atoms with Crippen molar-refractivity contribution in [2.24, 2.45) is 5.73 Å².